The maximum Gasteiger partial charge on any atom is 0.257 e. The van der Waals surface area contributed by atoms with Gasteiger partial charge in [0.25, 0.3) is 5.91 Å². The van der Waals surface area contributed by atoms with E-state index in [1.165, 1.54) is 0 Å². The van der Waals surface area contributed by atoms with Gasteiger partial charge < -0.3 is 4.74 Å². The second-order valence-electron chi connectivity index (χ2n) is 6.97. The third kappa shape index (κ3) is 5.71. The molecule has 0 atom stereocenters. The lowest BCUT2D eigenvalue weighted by Gasteiger charge is -2.20. The summed E-state index contributed by atoms with van der Waals surface area (Å²) >= 11 is 1.13. The van der Waals surface area contributed by atoms with E-state index in [0.29, 0.717) is 41.7 Å². The molecule has 0 bridgehead atoms. The lowest BCUT2D eigenvalue weighted by molar-refractivity contribution is -0.111. The molecule has 0 saturated carbocycles. The maximum atomic E-state index is 13.0. The van der Waals surface area contributed by atoms with E-state index in [0.717, 1.165) is 24.4 Å². The molecule has 1 saturated heterocycles. The Morgan fingerprint density at radius 3 is 2.55 bits per heavy atom. The number of carbonyl (C=O) groups excluding carboxylic acids is 1. The van der Waals surface area contributed by atoms with Crippen LogP contribution in [0.25, 0.3) is 5.57 Å². The average molecular weight is 436 g/mol. The van der Waals surface area contributed by atoms with Crippen LogP contribution in [0.3, 0.4) is 0 Å². The Kier molecular flexibility index (Phi) is 7.15. The average Bonchev–Trinajstić information content (AvgIpc) is 3.11. The predicted octanol–water partition coefficient (Wildman–Crippen LogP) is 3.48. The lowest BCUT2D eigenvalue weighted by Crippen LogP contribution is -2.18. The van der Waals surface area contributed by atoms with Crippen LogP contribution in [-0.2, 0) is 19.4 Å². The van der Waals surface area contributed by atoms with E-state index in [1.54, 1.807) is 31.2 Å². The largest absolute Gasteiger partial charge is 0.381 e. The van der Waals surface area contributed by atoms with Crippen LogP contribution < -0.4 is 5.32 Å². The van der Waals surface area contributed by atoms with Crippen LogP contribution in [0.4, 0.5) is 5.13 Å². The van der Waals surface area contributed by atoms with E-state index in [1.807, 2.05) is 13.0 Å². The number of hydrogen-bond donors (Lipinski definition) is 1. The summed E-state index contributed by atoms with van der Waals surface area (Å²) in [5.41, 5.74) is 1.18. The van der Waals surface area contributed by atoms with Crippen molar-refractivity contribution in [2.75, 3.05) is 24.3 Å². The summed E-state index contributed by atoms with van der Waals surface area (Å²) in [6.07, 6.45) is 4.21. The Labute approximate surface area is 175 Å². The number of aromatic nitrogens is 2. The van der Waals surface area contributed by atoms with Crippen molar-refractivity contribution >= 4 is 38.0 Å². The van der Waals surface area contributed by atoms with E-state index in [-0.39, 0.29) is 22.5 Å². The molecule has 1 aliphatic rings. The Morgan fingerprint density at radius 2 is 1.97 bits per heavy atom. The van der Waals surface area contributed by atoms with Gasteiger partial charge in [-0.15, -0.1) is 0 Å². The van der Waals surface area contributed by atoms with Crippen LogP contribution in [0.15, 0.2) is 35.2 Å². The number of aryl methyl sites for hydroxylation is 1. The van der Waals surface area contributed by atoms with Gasteiger partial charge in [-0.25, -0.2) is 13.4 Å². The molecule has 156 valence electrons. The smallest absolute Gasteiger partial charge is 0.257 e. The number of amides is 1. The van der Waals surface area contributed by atoms with Gasteiger partial charge in [-0.2, -0.15) is 4.37 Å². The van der Waals surface area contributed by atoms with E-state index < -0.39 is 9.84 Å². The SMILES string of the molecule is CCCS(=O)(=O)c1ccc(C(=CC2CCOCC2)C(=O)Nc2nc(C)ns2)cc1. The molecule has 7 nitrogen and oxygen atoms in total. The molecule has 2 aromatic rings. The topological polar surface area (TPSA) is 98.2 Å². The molecule has 1 N–H and O–H groups in total. The summed E-state index contributed by atoms with van der Waals surface area (Å²) in [7, 11) is -3.30. The molecule has 0 radical (unpaired) electrons. The number of ether oxygens (including phenoxy) is 1. The van der Waals surface area contributed by atoms with Crippen molar-refractivity contribution in [1.82, 2.24) is 9.36 Å². The summed E-state index contributed by atoms with van der Waals surface area (Å²) in [6.45, 7) is 4.93. The highest BCUT2D eigenvalue weighted by Crippen LogP contribution is 2.26. The third-order valence-electron chi connectivity index (χ3n) is 4.66. The van der Waals surface area contributed by atoms with Gasteiger partial charge in [-0.3, -0.25) is 10.1 Å². The van der Waals surface area contributed by atoms with E-state index >= 15 is 0 Å². The van der Waals surface area contributed by atoms with Crippen LogP contribution >= 0.6 is 11.5 Å². The van der Waals surface area contributed by atoms with Crippen LogP contribution in [0.2, 0.25) is 0 Å². The van der Waals surface area contributed by atoms with Gasteiger partial charge in [0.15, 0.2) is 9.84 Å². The van der Waals surface area contributed by atoms with Crippen LogP contribution in [0.1, 0.15) is 37.6 Å². The lowest BCUT2D eigenvalue weighted by atomic mass is 9.94. The molecular weight excluding hydrogens is 410 g/mol. The number of carbonyl (C=O) groups is 1. The van der Waals surface area contributed by atoms with Crippen molar-refractivity contribution in [1.29, 1.82) is 0 Å². The third-order valence-corrected chi connectivity index (χ3v) is 7.32. The fraction of sp³-hybridized carbons (Fsp3) is 0.450. The number of nitrogens with zero attached hydrogens (tertiary/aromatic N) is 2. The summed E-state index contributed by atoms with van der Waals surface area (Å²) in [6, 6.07) is 6.53. The highest BCUT2D eigenvalue weighted by atomic mass is 32.2. The predicted molar refractivity (Wildman–Crippen MR) is 114 cm³/mol. The first-order chi connectivity index (χ1) is 13.9. The summed E-state index contributed by atoms with van der Waals surface area (Å²) in [5.74, 6) is 0.653. The molecule has 0 spiro atoms. The molecular formula is C20H25N3O4S2. The minimum absolute atomic E-state index is 0.105. The van der Waals surface area contributed by atoms with Gasteiger partial charge in [-0.05, 0) is 49.8 Å². The molecule has 29 heavy (non-hydrogen) atoms. The van der Waals surface area contributed by atoms with E-state index in [2.05, 4.69) is 14.7 Å². The highest BCUT2D eigenvalue weighted by molar-refractivity contribution is 7.91. The first kappa shape index (κ1) is 21.6. The molecule has 1 amide bonds. The maximum absolute atomic E-state index is 13.0. The van der Waals surface area contributed by atoms with Crippen molar-refractivity contribution in [3.8, 4) is 0 Å². The van der Waals surface area contributed by atoms with E-state index in [4.69, 9.17) is 4.74 Å². The quantitative estimate of drug-likeness (QED) is 0.669. The van der Waals surface area contributed by atoms with Gasteiger partial charge in [-0.1, -0.05) is 25.1 Å². The number of hydrogen-bond acceptors (Lipinski definition) is 7. The number of sulfone groups is 1. The van der Waals surface area contributed by atoms with Gasteiger partial charge in [0.2, 0.25) is 5.13 Å². The molecule has 2 heterocycles. The monoisotopic (exact) mass is 435 g/mol. The van der Waals surface area contributed by atoms with Gasteiger partial charge in [0.05, 0.1) is 10.6 Å². The van der Waals surface area contributed by atoms with Crippen molar-refractivity contribution in [2.24, 2.45) is 5.92 Å². The summed E-state index contributed by atoms with van der Waals surface area (Å²) in [5, 5.41) is 3.24. The van der Waals surface area contributed by atoms with Crippen molar-refractivity contribution < 1.29 is 17.9 Å². The van der Waals surface area contributed by atoms with Crippen LogP contribution in [0.5, 0.6) is 0 Å². The van der Waals surface area contributed by atoms with Crippen molar-refractivity contribution in [3.05, 3.63) is 41.7 Å². The minimum atomic E-state index is -3.30. The second-order valence-corrected chi connectivity index (χ2v) is 9.84. The molecule has 1 aliphatic heterocycles. The minimum Gasteiger partial charge on any atom is -0.381 e. The van der Waals surface area contributed by atoms with Crippen molar-refractivity contribution in [2.45, 2.75) is 38.0 Å². The molecule has 1 fully saturated rings. The highest BCUT2D eigenvalue weighted by Gasteiger charge is 2.20. The summed E-state index contributed by atoms with van der Waals surface area (Å²) in [4.78, 5) is 17.5. The Hall–Kier alpha value is -2.10. The number of rotatable bonds is 7. The number of anilines is 1. The molecule has 9 heteroatoms. The Bertz CT molecular complexity index is 975. The number of benzene rings is 1. The number of nitrogens with one attached hydrogen (secondary N) is 1. The van der Waals surface area contributed by atoms with Crippen LogP contribution in [0, 0.1) is 12.8 Å². The zero-order chi connectivity index (χ0) is 20.9. The molecule has 3 rings (SSSR count). The molecule has 0 aliphatic carbocycles. The molecule has 1 aromatic heterocycles. The van der Waals surface area contributed by atoms with Gasteiger partial charge >= 0.3 is 0 Å². The standard InChI is InChI=1S/C20H25N3O4S2/c1-3-12-29(25,26)17-6-4-16(5-7-17)18(13-15-8-10-27-11-9-15)19(24)22-20-21-14(2)23-28-20/h4-7,13,15H,3,8-12H2,1-2H3,(H,21,22,23,24). The van der Waals surface area contributed by atoms with Gasteiger partial charge in [0.1, 0.15) is 5.82 Å². The Morgan fingerprint density at radius 1 is 1.28 bits per heavy atom. The normalized spacial score (nSPS) is 16.0. The first-order valence-corrected chi connectivity index (χ1v) is 12.1. The van der Waals surface area contributed by atoms with E-state index in [9.17, 15) is 13.2 Å². The molecule has 0 unspecified atom stereocenters. The summed E-state index contributed by atoms with van der Waals surface area (Å²) < 4.78 is 34.1. The molecule has 1 aromatic carbocycles. The number of allylic oxidation sites excluding steroid dienone is 1. The van der Waals surface area contributed by atoms with Crippen molar-refractivity contribution in [3.63, 3.8) is 0 Å². The van der Waals surface area contributed by atoms with Gasteiger partial charge in [0, 0.05) is 30.3 Å². The zero-order valence-corrected chi connectivity index (χ0v) is 18.2. The first-order valence-electron chi connectivity index (χ1n) is 9.63. The second kappa shape index (κ2) is 9.60. The Balaban J connectivity index is 1.89. The zero-order valence-electron chi connectivity index (χ0n) is 16.6. The van der Waals surface area contributed by atoms with Crippen LogP contribution in [-0.4, -0.2) is 42.6 Å². The fourth-order valence-corrected chi connectivity index (χ4v) is 5.06. The fourth-order valence-electron chi connectivity index (χ4n) is 3.16.